The van der Waals surface area contributed by atoms with Crippen LogP contribution in [0.5, 0.6) is 0 Å². The molecule has 0 bridgehead atoms. The molecular weight excluding hydrogens is 1110 g/mol. The topological polar surface area (TPSA) is 450 Å². The Bertz CT molecular complexity index is 2310. The lowest BCUT2D eigenvalue weighted by Gasteiger charge is -2.28. The van der Waals surface area contributed by atoms with Crippen molar-refractivity contribution in [2.45, 2.75) is 206 Å². The normalized spacial score (nSPS) is 14.3. The van der Waals surface area contributed by atoms with Gasteiger partial charge in [0.2, 0.25) is 29.5 Å². The zero-order valence-electron chi connectivity index (χ0n) is 51.2. The molecule has 1 aromatic rings. The Morgan fingerprint density at radius 2 is 1.05 bits per heavy atom. The minimum absolute atomic E-state index is 0.0135. The monoisotopic (exact) mass is 1220 g/mol. The van der Waals surface area contributed by atoms with E-state index in [0.29, 0.717) is 25.2 Å². The molecule has 0 aromatic heterocycles. The number of ketones is 4. The maximum Gasteiger partial charge on any atom is 0.303 e. The molecule has 0 unspecified atom stereocenters. The van der Waals surface area contributed by atoms with Crippen molar-refractivity contribution in [2.24, 2.45) is 56.6 Å². The summed E-state index contributed by atoms with van der Waals surface area (Å²) in [6.45, 7) is 7.09. The summed E-state index contributed by atoms with van der Waals surface area (Å²) in [7, 11) is 0. The van der Waals surface area contributed by atoms with Gasteiger partial charge >= 0.3 is 5.97 Å². The Labute approximate surface area is 506 Å². The van der Waals surface area contributed by atoms with E-state index in [1.165, 1.54) is 45.4 Å². The number of aliphatic imine (C=N–C) groups is 2. The van der Waals surface area contributed by atoms with Crippen molar-refractivity contribution in [1.82, 2.24) is 26.6 Å². The SMILES string of the molecule is CCCCCCCCCCCOCCCC(=O)N[C@H](C(=O)N[C@H](C(=O)C[C@@H](Cc1ccccc1)C(=O)N[C@@H](CCCN=C(N)N)C(=O)C[C@@H](CO)C(=O)N[C@@H](CO)C(=O)C[C@@H](CCCN=C(N)N)C(=O)N[C@@H](CCC(=O)O)C(C)=O)C(C)C)[C@@H](C)O. The molecule has 486 valence electrons. The van der Waals surface area contributed by atoms with Crippen molar-refractivity contribution >= 4 is 70.6 Å². The average Bonchev–Trinajstić information content (AvgIpc) is 2.70. The Morgan fingerprint density at radius 1 is 0.535 bits per heavy atom. The van der Waals surface area contributed by atoms with Gasteiger partial charge in [-0.1, -0.05) is 102 Å². The van der Waals surface area contributed by atoms with Gasteiger partial charge in [0.1, 0.15) is 12.1 Å². The number of amides is 5. The maximum atomic E-state index is 14.5. The predicted octanol–water partition coefficient (Wildman–Crippen LogP) is 1.29. The fourth-order valence-electron chi connectivity index (χ4n) is 9.43. The number of carboxylic acids is 1. The van der Waals surface area contributed by atoms with Gasteiger partial charge in [-0.3, -0.25) is 57.9 Å². The first-order chi connectivity index (χ1) is 40.8. The molecule has 0 saturated carbocycles. The van der Waals surface area contributed by atoms with Crippen molar-refractivity contribution in [3.63, 3.8) is 0 Å². The highest BCUT2D eigenvalue weighted by Crippen LogP contribution is 2.21. The zero-order chi connectivity index (χ0) is 64.6. The third kappa shape index (κ3) is 33.7. The van der Waals surface area contributed by atoms with Crippen LogP contribution in [0.15, 0.2) is 40.3 Å². The zero-order valence-corrected chi connectivity index (χ0v) is 51.2. The minimum Gasteiger partial charge on any atom is -0.481 e. The quantitative estimate of drug-likeness (QED) is 0.0248. The highest BCUT2D eigenvalue weighted by atomic mass is 16.5. The second-order valence-electron chi connectivity index (χ2n) is 22.3. The molecule has 1 aromatic carbocycles. The standard InChI is InChI=1S/C60H101N11O15/c1-6-7-8-9-10-11-12-13-17-30-86-31-20-25-51(79)70-54(40(5)75)58(85)71-53(38(2)3)50(78)34-43(32-41-21-15-14-16-22-41)56(83)68-46(24-19-29-66-60(63)64)48(76)35-44(36-72)57(84)69-47(37-73)49(77)33-42(23-18-28-65-59(61)62)55(82)67-45(39(4)74)26-27-52(80)81/h14-16,21-22,38,40,42-47,53-54,72-73,75H,6-13,17-20,23-37H2,1-5H3,(H,67,82)(H,68,83)(H,69,84)(H,70,79)(H,71,85)(H,80,81)(H4,61,62,65)(H4,63,64,66)/t40-,42-,43-,44+,45+,46+,47+,53+,54+/m1/s1. The number of ether oxygens (including phenoxy) is 1. The molecule has 0 spiro atoms. The fourth-order valence-corrected chi connectivity index (χ4v) is 9.43. The van der Waals surface area contributed by atoms with Gasteiger partial charge in [-0.15, -0.1) is 0 Å². The fraction of sp³-hybridized carbons (Fsp3) is 0.700. The van der Waals surface area contributed by atoms with Gasteiger partial charge in [0.15, 0.2) is 35.1 Å². The van der Waals surface area contributed by atoms with Crippen LogP contribution in [0.4, 0.5) is 0 Å². The van der Waals surface area contributed by atoms with Gasteiger partial charge in [-0.05, 0) is 76.7 Å². The number of hydrogen-bond donors (Lipinski definition) is 13. The van der Waals surface area contributed by atoms with Crippen LogP contribution >= 0.6 is 0 Å². The molecule has 0 fully saturated rings. The third-order valence-electron chi connectivity index (χ3n) is 14.5. The third-order valence-corrected chi connectivity index (χ3v) is 14.5. The summed E-state index contributed by atoms with van der Waals surface area (Å²) in [4.78, 5) is 142. The molecule has 5 amide bonds. The second-order valence-corrected chi connectivity index (χ2v) is 22.3. The van der Waals surface area contributed by atoms with Crippen LogP contribution in [0.2, 0.25) is 0 Å². The molecule has 0 heterocycles. The summed E-state index contributed by atoms with van der Waals surface area (Å²) in [6.07, 6.45) is 7.41. The number of aliphatic carboxylic acids is 1. The van der Waals surface area contributed by atoms with Crippen LogP contribution < -0.4 is 49.5 Å². The lowest BCUT2D eigenvalue weighted by Crippen LogP contribution is -2.57. The number of rotatable bonds is 50. The molecule has 26 nitrogen and oxygen atoms in total. The summed E-state index contributed by atoms with van der Waals surface area (Å²) < 4.78 is 5.72. The van der Waals surface area contributed by atoms with Crippen molar-refractivity contribution < 1.29 is 73.1 Å². The van der Waals surface area contributed by atoms with E-state index < -0.39 is 158 Å². The van der Waals surface area contributed by atoms with Crippen molar-refractivity contribution in [3.8, 4) is 0 Å². The van der Waals surface area contributed by atoms with Crippen LogP contribution in [0.1, 0.15) is 169 Å². The van der Waals surface area contributed by atoms with Crippen LogP contribution in [0, 0.1) is 23.7 Å². The molecule has 1 rings (SSSR count). The summed E-state index contributed by atoms with van der Waals surface area (Å²) in [5, 5.41) is 53.4. The Hall–Kier alpha value is -6.90. The molecule has 0 saturated heterocycles. The predicted molar refractivity (Wildman–Crippen MR) is 324 cm³/mol. The van der Waals surface area contributed by atoms with Crippen LogP contribution in [-0.2, 0) is 59.1 Å². The van der Waals surface area contributed by atoms with E-state index in [9.17, 15) is 63.3 Å². The molecule has 0 aliphatic carbocycles. The number of carbonyl (C=O) groups excluding carboxylic acids is 9. The van der Waals surface area contributed by atoms with E-state index >= 15 is 0 Å². The van der Waals surface area contributed by atoms with E-state index in [4.69, 9.17) is 32.8 Å². The lowest BCUT2D eigenvalue weighted by atomic mass is 9.87. The number of carbonyl (C=O) groups is 10. The second kappa shape index (κ2) is 44.5. The van der Waals surface area contributed by atoms with E-state index in [2.05, 4.69) is 43.5 Å². The Kier molecular flexibility index (Phi) is 39.9. The largest absolute Gasteiger partial charge is 0.481 e. The van der Waals surface area contributed by atoms with Crippen molar-refractivity contribution in [1.29, 1.82) is 0 Å². The maximum absolute atomic E-state index is 14.5. The summed E-state index contributed by atoms with van der Waals surface area (Å²) in [5.41, 5.74) is 22.5. The van der Waals surface area contributed by atoms with E-state index in [1.807, 2.05) is 0 Å². The number of nitrogens with one attached hydrogen (secondary N) is 5. The van der Waals surface area contributed by atoms with Gasteiger partial charge in [0.25, 0.3) is 0 Å². The molecule has 0 radical (unpaired) electrons. The number of unbranched alkanes of at least 4 members (excludes halogenated alkanes) is 8. The van der Waals surface area contributed by atoms with Gasteiger partial charge in [-0.2, -0.15) is 0 Å². The number of nitrogens with two attached hydrogens (primary N) is 4. The summed E-state index contributed by atoms with van der Waals surface area (Å²) in [5.74, 6) is -12.7. The Morgan fingerprint density at radius 3 is 1.59 bits per heavy atom. The molecule has 86 heavy (non-hydrogen) atoms. The van der Waals surface area contributed by atoms with Gasteiger partial charge < -0.3 is 74.7 Å². The molecule has 26 heteroatoms. The highest BCUT2D eigenvalue weighted by molar-refractivity contribution is 5.98. The summed E-state index contributed by atoms with van der Waals surface area (Å²) in [6, 6.07) is 1.84. The lowest BCUT2D eigenvalue weighted by molar-refractivity contribution is -0.138. The average molecular weight is 1220 g/mol. The van der Waals surface area contributed by atoms with E-state index in [1.54, 1.807) is 44.2 Å². The molecular formula is C60H101N11O15. The number of benzene rings is 1. The molecule has 0 aliphatic rings. The first-order valence-corrected chi connectivity index (χ1v) is 30.3. The van der Waals surface area contributed by atoms with Gasteiger partial charge in [-0.25, -0.2) is 0 Å². The van der Waals surface area contributed by atoms with Crippen LogP contribution in [0.3, 0.4) is 0 Å². The summed E-state index contributed by atoms with van der Waals surface area (Å²) >= 11 is 0. The minimum atomic E-state index is -1.66. The first-order valence-electron chi connectivity index (χ1n) is 30.3. The number of nitrogens with zero attached hydrogens (tertiary/aromatic N) is 2. The first kappa shape index (κ1) is 77.1. The number of aliphatic hydroxyl groups excluding tert-OH is 3. The van der Waals surface area contributed by atoms with Gasteiger partial charge in [0.05, 0.1) is 43.4 Å². The molecule has 17 N–H and O–H groups in total. The number of aliphatic hydroxyl groups is 3. The smallest absolute Gasteiger partial charge is 0.303 e. The van der Waals surface area contributed by atoms with Crippen LogP contribution in [-0.4, -0.2) is 167 Å². The van der Waals surface area contributed by atoms with Crippen molar-refractivity contribution in [3.05, 3.63) is 35.9 Å². The van der Waals surface area contributed by atoms with E-state index in [0.717, 1.165) is 26.2 Å². The number of hydrogen-bond acceptors (Lipinski definition) is 16. The molecule has 0 aliphatic heterocycles. The van der Waals surface area contributed by atoms with Crippen LogP contribution in [0.25, 0.3) is 0 Å². The molecule has 9 atom stereocenters. The number of carboxylic acid groups (broad SMARTS) is 1. The number of Topliss-reactive ketones (excluding diaryl/α,β-unsaturated/α-hetero) is 4. The van der Waals surface area contributed by atoms with E-state index in [-0.39, 0.29) is 70.0 Å². The highest BCUT2D eigenvalue weighted by Gasteiger charge is 2.36. The van der Waals surface area contributed by atoms with Gasteiger partial charge in [0, 0.05) is 70.2 Å². The Balaban J connectivity index is 3.31. The number of guanidine groups is 2. The van der Waals surface area contributed by atoms with Crippen molar-refractivity contribution in [2.75, 3.05) is 39.5 Å².